The first-order chi connectivity index (χ1) is 7.18. The van der Waals surface area contributed by atoms with E-state index in [0.717, 1.165) is 0 Å². The van der Waals surface area contributed by atoms with Crippen molar-refractivity contribution < 1.29 is 5.21 Å². The summed E-state index contributed by atoms with van der Waals surface area (Å²) in [4.78, 5) is 8.47. The third-order valence-electron chi connectivity index (χ3n) is 2.75. The molecule has 5 nitrogen and oxygen atoms in total. The second-order valence-corrected chi connectivity index (χ2v) is 6.16. The summed E-state index contributed by atoms with van der Waals surface area (Å²) in [6.07, 6.45) is 1.56. The number of nitrogens with one attached hydrogen (secondary N) is 1. The zero-order valence-electron chi connectivity index (χ0n) is 11.2. The van der Waals surface area contributed by atoms with E-state index < -0.39 is 0 Å². The molecule has 16 heavy (non-hydrogen) atoms. The van der Waals surface area contributed by atoms with Gasteiger partial charge in [-0.3, -0.25) is 4.99 Å². The highest BCUT2D eigenvalue weighted by molar-refractivity contribution is 5.57. The van der Waals surface area contributed by atoms with E-state index in [1.165, 1.54) is 0 Å². The van der Waals surface area contributed by atoms with Crippen LogP contribution in [0, 0.1) is 0 Å². The van der Waals surface area contributed by atoms with Crippen LogP contribution < -0.4 is 5.48 Å². The highest BCUT2D eigenvalue weighted by Gasteiger charge is 2.37. The maximum Gasteiger partial charge on any atom is 0.162 e. The monoisotopic (exact) mass is 228 g/mol. The van der Waals surface area contributed by atoms with Gasteiger partial charge in [-0.2, -0.15) is 5.48 Å². The van der Waals surface area contributed by atoms with Crippen LogP contribution >= 0.6 is 0 Å². The normalized spacial score (nSPS) is 23.9. The van der Waals surface area contributed by atoms with E-state index in [-0.39, 0.29) is 17.4 Å². The molecular weight excluding hydrogens is 204 g/mol. The van der Waals surface area contributed by atoms with E-state index in [2.05, 4.69) is 56.9 Å². The largest absolute Gasteiger partial charge is 0.328 e. The van der Waals surface area contributed by atoms with Crippen LogP contribution in [-0.2, 0) is 0 Å². The third kappa shape index (κ3) is 2.72. The van der Waals surface area contributed by atoms with Crippen LogP contribution in [0.5, 0.6) is 0 Å². The van der Waals surface area contributed by atoms with Crippen molar-refractivity contribution in [1.29, 1.82) is 0 Å². The number of nitrogens with zero attached hydrogens (tertiary/aromatic N) is 3. The first kappa shape index (κ1) is 13.4. The molecule has 0 fully saturated rings. The Bertz CT molecular complexity index is 264. The van der Waals surface area contributed by atoms with Gasteiger partial charge in [0.15, 0.2) is 6.29 Å². The van der Waals surface area contributed by atoms with Gasteiger partial charge in [-0.25, -0.2) is 4.90 Å². The summed E-state index contributed by atoms with van der Waals surface area (Å²) in [5.74, 6) is 0. The van der Waals surface area contributed by atoms with Crippen molar-refractivity contribution in [2.75, 3.05) is 6.67 Å². The Labute approximate surface area is 98.1 Å². The Hall–Kier alpha value is -0.650. The van der Waals surface area contributed by atoms with Gasteiger partial charge in [0.25, 0.3) is 0 Å². The minimum Gasteiger partial charge on any atom is -0.328 e. The highest BCUT2D eigenvalue weighted by Crippen LogP contribution is 2.24. The first-order valence-corrected chi connectivity index (χ1v) is 5.62. The number of hydrogen-bond acceptors (Lipinski definition) is 5. The Morgan fingerprint density at radius 1 is 1.19 bits per heavy atom. The topological polar surface area (TPSA) is 51.1 Å². The van der Waals surface area contributed by atoms with Gasteiger partial charge in [0.1, 0.15) is 0 Å². The van der Waals surface area contributed by atoms with Gasteiger partial charge in [-0.15, -0.1) is 0 Å². The van der Waals surface area contributed by atoms with E-state index in [1.54, 1.807) is 6.34 Å². The van der Waals surface area contributed by atoms with Crippen LogP contribution in [0.15, 0.2) is 4.99 Å². The van der Waals surface area contributed by atoms with E-state index in [4.69, 9.17) is 0 Å². The molecule has 1 rings (SSSR count). The fourth-order valence-electron chi connectivity index (χ4n) is 1.75. The zero-order valence-corrected chi connectivity index (χ0v) is 11.2. The Kier molecular flexibility index (Phi) is 3.62. The molecule has 1 aliphatic rings. The molecule has 0 amide bonds. The molecule has 0 saturated carbocycles. The smallest absolute Gasteiger partial charge is 0.162 e. The van der Waals surface area contributed by atoms with Crippen molar-refractivity contribution in [3.8, 4) is 0 Å². The molecular formula is C11H24N4O. The average molecular weight is 228 g/mol. The molecule has 0 aromatic carbocycles. The Morgan fingerprint density at radius 3 is 2.12 bits per heavy atom. The lowest BCUT2D eigenvalue weighted by Crippen LogP contribution is -2.66. The minimum atomic E-state index is -0.238. The second-order valence-electron chi connectivity index (χ2n) is 6.16. The third-order valence-corrected chi connectivity index (χ3v) is 2.75. The molecule has 0 radical (unpaired) electrons. The number of hydroxylamine groups is 1. The summed E-state index contributed by atoms with van der Waals surface area (Å²) in [5.41, 5.74) is 2.23. The van der Waals surface area contributed by atoms with Gasteiger partial charge in [-0.1, -0.05) is 0 Å². The Morgan fingerprint density at radius 2 is 1.75 bits per heavy atom. The summed E-state index contributed by atoms with van der Waals surface area (Å²) < 4.78 is 0. The lowest BCUT2D eigenvalue weighted by Gasteiger charge is -2.50. The van der Waals surface area contributed by atoms with Crippen molar-refractivity contribution >= 4 is 6.34 Å². The lowest BCUT2D eigenvalue weighted by atomic mass is 10.0. The molecule has 1 heterocycles. The maximum atomic E-state index is 9.36. The van der Waals surface area contributed by atoms with E-state index >= 15 is 0 Å². The molecule has 0 aliphatic carbocycles. The molecule has 2 N–H and O–H groups in total. The molecule has 0 spiro atoms. The molecule has 0 aromatic rings. The van der Waals surface area contributed by atoms with Gasteiger partial charge in [0.05, 0.1) is 13.0 Å². The van der Waals surface area contributed by atoms with Gasteiger partial charge < -0.3 is 10.1 Å². The minimum absolute atomic E-state index is 0.0539. The predicted octanol–water partition coefficient (Wildman–Crippen LogP) is 1.45. The van der Waals surface area contributed by atoms with Gasteiger partial charge in [0, 0.05) is 11.1 Å². The summed E-state index contributed by atoms with van der Waals surface area (Å²) >= 11 is 0. The molecule has 0 bridgehead atoms. The van der Waals surface area contributed by atoms with Crippen LogP contribution in [0.3, 0.4) is 0 Å². The molecule has 94 valence electrons. The average Bonchev–Trinajstić information content (AvgIpc) is 2.13. The zero-order chi connectivity index (χ0) is 12.6. The SMILES string of the molecule is CC(C)(C)N1C=NCN(C(C)(C)C)C1NO. The second kappa shape index (κ2) is 4.31. The summed E-state index contributed by atoms with van der Waals surface area (Å²) in [5, 5.41) is 9.36. The van der Waals surface area contributed by atoms with Crippen LogP contribution in [0.2, 0.25) is 0 Å². The molecule has 0 saturated heterocycles. The summed E-state index contributed by atoms with van der Waals surface area (Å²) in [7, 11) is 0. The van der Waals surface area contributed by atoms with Gasteiger partial charge >= 0.3 is 0 Å². The predicted molar refractivity (Wildman–Crippen MR) is 65.3 cm³/mol. The van der Waals surface area contributed by atoms with Crippen molar-refractivity contribution in [1.82, 2.24) is 15.3 Å². The first-order valence-electron chi connectivity index (χ1n) is 5.62. The molecule has 1 atom stereocenters. The van der Waals surface area contributed by atoms with E-state index in [1.807, 2.05) is 4.90 Å². The van der Waals surface area contributed by atoms with Gasteiger partial charge in [0.2, 0.25) is 0 Å². The maximum absolute atomic E-state index is 9.36. The van der Waals surface area contributed by atoms with E-state index in [0.29, 0.717) is 6.67 Å². The van der Waals surface area contributed by atoms with Crippen molar-refractivity contribution in [2.24, 2.45) is 4.99 Å². The van der Waals surface area contributed by atoms with Crippen LogP contribution in [-0.4, -0.2) is 45.4 Å². The number of hydrogen-bond donors (Lipinski definition) is 2. The standard InChI is InChI=1S/C11H24N4O/c1-10(2,3)14-7-12-8-15(9(14)13-16)11(4,5)6/h7,9,13,16H,8H2,1-6H3. The fraction of sp³-hybridized carbons (Fsp3) is 0.909. The van der Waals surface area contributed by atoms with Crippen LogP contribution in [0.4, 0.5) is 0 Å². The molecule has 5 heteroatoms. The van der Waals surface area contributed by atoms with Gasteiger partial charge in [-0.05, 0) is 41.5 Å². The molecule has 1 aliphatic heterocycles. The highest BCUT2D eigenvalue weighted by atomic mass is 16.5. The summed E-state index contributed by atoms with van der Waals surface area (Å²) in [6, 6.07) is 0. The van der Waals surface area contributed by atoms with Crippen molar-refractivity contribution in [3.63, 3.8) is 0 Å². The molecule has 1 unspecified atom stereocenters. The molecule has 0 aromatic heterocycles. The quantitative estimate of drug-likeness (QED) is 0.667. The lowest BCUT2D eigenvalue weighted by molar-refractivity contribution is -0.0993. The van der Waals surface area contributed by atoms with E-state index in [9.17, 15) is 5.21 Å². The van der Waals surface area contributed by atoms with Crippen molar-refractivity contribution in [2.45, 2.75) is 58.9 Å². The summed E-state index contributed by atoms with van der Waals surface area (Å²) in [6.45, 7) is 13.2. The van der Waals surface area contributed by atoms with Crippen LogP contribution in [0.25, 0.3) is 0 Å². The number of aliphatic imine (C=N–C) groups is 1. The fourth-order valence-corrected chi connectivity index (χ4v) is 1.75. The number of rotatable bonds is 1. The van der Waals surface area contributed by atoms with Crippen LogP contribution in [0.1, 0.15) is 41.5 Å². The Balaban J connectivity index is 2.98. The van der Waals surface area contributed by atoms with Crippen molar-refractivity contribution in [3.05, 3.63) is 0 Å².